The van der Waals surface area contributed by atoms with Crippen LogP contribution in [0.2, 0.25) is 0 Å². The summed E-state index contributed by atoms with van der Waals surface area (Å²) in [5.41, 5.74) is 0.961. The predicted octanol–water partition coefficient (Wildman–Crippen LogP) is 2.13. The summed E-state index contributed by atoms with van der Waals surface area (Å²) < 4.78 is 37.6. The lowest BCUT2D eigenvalue weighted by molar-refractivity contribution is -0.117. The van der Waals surface area contributed by atoms with Crippen molar-refractivity contribution < 1.29 is 47.9 Å². The number of anilines is 1. The third kappa shape index (κ3) is 22.2. The van der Waals surface area contributed by atoms with Crippen LogP contribution < -0.4 is 10.6 Å². The van der Waals surface area contributed by atoms with Gasteiger partial charge in [-0.2, -0.15) is 0 Å². The number of carbonyl (C=O) groups excluding carboxylic acids is 2. The van der Waals surface area contributed by atoms with Crippen molar-refractivity contribution in [1.29, 1.82) is 0 Å². The average Bonchev–Trinajstić information content (AvgIpc) is 2.89. The third-order valence-corrected chi connectivity index (χ3v) is 4.67. The molecule has 0 unspecified atom stereocenters. The van der Waals surface area contributed by atoms with Crippen LogP contribution in [-0.2, 0) is 44.6 Å². The summed E-state index contributed by atoms with van der Waals surface area (Å²) in [6, 6.07) is 7.02. The largest absolute Gasteiger partial charge is 0.444 e. The van der Waals surface area contributed by atoms with E-state index in [1.165, 1.54) is 0 Å². The highest BCUT2D eigenvalue weighted by Crippen LogP contribution is 2.10. The molecular weight excluding hydrogens is 512 g/mol. The van der Waals surface area contributed by atoms with Crippen LogP contribution in [-0.4, -0.2) is 109 Å². The molecule has 1 aromatic carbocycles. The highest BCUT2D eigenvalue weighted by atomic mass is 16.6. The quantitative estimate of drug-likeness (QED) is 0.171. The Kier molecular flexibility index (Phi) is 20.0. The molecule has 0 heterocycles. The number of ether oxygens (including phenoxy) is 7. The number of aliphatic hydroxyl groups is 1. The molecule has 12 heteroatoms. The standard InChI is InChI=1S/C27H46N2O10/c1-27(2,3)39-26(32)28-9-11-34-13-15-36-17-19-38-21-20-37-18-16-35-14-12-33-10-8-25(31)29-24-6-4-23(22-30)5-7-24/h4-7,30H,8-22H2,1-3H3,(H,28,32)(H,29,31). The second-order valence-corrected chi connectivity index (χ2v) is 9.26. The van der Waals surface area contributed by atoms with Crippen molar-refractivity contribution in [3.8, 4) is 0 Å². The van der Waals surface area contributed by atoms with E-state index < -0.39 is 11.7 Å². The zero-order valence-corrected chi connectivity index (χ0v) is 23.5. The molecule has 0 aliphatic rings. The molecule has 1 rings (SSSR count). The van der Waals surface area contributed by atoms with Crippen LogP contribution in [0.1, 0.15) is 32.8 Å². The molecule has 1 aromatic rings. The molecule has 0 spiro atoms. The van der Waals surface area contributed by atoms with Crippen LogP contribution in [0.25, 0.3) is 0 Å². The van der Waals surface area contributed by atoms with Gasteiger partial charge >= 0.3 is 6.09 Å². The lowest BCUT2D eigenvalue weighted by Gasteiger charge is -2.19. The van der Waals surface area contributed by atoms with Crippen molar-refractivity contribution in [2.75, 3.05) is 91.1 Å². The van der Waals surface area contributed by atoms with Crippen molar-refractivity contribution in [2.45, 2.75) is 39.4 Å². The first-order valence-electron chi connectivity index (χ1n) is 13.2. The molecule has 12 nitrogen and oxygen atoms in total. The van der Waals surface area contributed by atoms with E-state index in [0.717, 1.165) is 5.56 Å². The number of benzene rings is 1. The number of amides is 2. The number of carbonyl (C=O) groups is 2. The fraction of sp³-hybridized carbons (Fsp3) is 0.704. The van der Waals surface area contributed by atoms with E-state index in [-0.39, 0.29) is 18.9 Å². The van der Waals surface area contributed by atoms with E-state index >= 15 is 0 Å². The minimum absolute atomic E-state index is 0.0276. The molecule has 0 aliphatic carbocycles. The first kappa shape index (κ1) is 34.7. The van der Waals surface area contributed by atoms with Gasteiger partial charge in [0, 0.05) is 12.2 Å². The molecular formula is C27H46N2O10. The first-order chi connectivity index (χ1) is 18.8. The number of hydrogen-bond acceptors (Lipinski definition) is 10. The van der Waals surface area contributed by atoms with E-state index in [2.05, 4.69) is 10.6 Å². The minimum atomic E-state index is -0.515. The van der Waals surface area contributed by atoms with Crippen molar-refractivity contribution in [3.63, 3.8) is 0 Å². The van der Waals surface area contributed by atoms with Crippen LogP contribution in [0.15, 0.2) is 24.3 Å². The normalized spacial score (nSPS) is 11.4. The Labute approximate surface area is 231 Å². The fourth-order valence-corrected chi connectivity index (χ4v) is 2.82. The summed E-state index contributed by atoms with van der Waals surface area (Å²) >= 11 is 0. The van der Waals surface area contributed by atoms with Crippen molar-refractivity contribution in [1.82, 2.24) is 5.32 Å². The zero-order valence-electron chi connectivity index (χ0n) is 23.5. The molecule has 39 heavy (non-hydrogen) atoms. The number of alkyl carbamates (subject to hydrolysis) is 1. The molecule has 0 atom stereocenters. The van der Waals surface area contributed by atoms with E-state index in [0.29, 0.717) is 91.5 Å². The summed E-state index contributed by atoms with van der Waals surface area (Å²) in [5, 5.41) is 14.4. The lowest BCUT2D eigenvalue weighted by Crippen LogP contribution is -2.34. The maximum Gasteiger partial charge on any atom is 0.407 e. The Hall–Kier alpha value is -2.32. The van der Waals surface area contributed by atoms with Gasteiger partial charge in [-0.1, -0.05) is 12.1 Å². The molecule has 3 N–H and O–H groups in total. The molecule has 0 radical (unpaired) electrons. The fourth-order valence-electron chi connectivity index (χ4n) is 2.82. The van der Waals surface area contributed by atoms with Crippen LogP contribution in [0.4, 0.5) is 10.5 Å². The Morgan fingerprint density at radius 3 is 1.56 bits per heavy atom. The summed E-state index contributed by atoms with van der Waals surface area (Å²) in [7, 11) is 0. The van der Waals surface area contributed by atoms with Gasteiger partial charge < -0.3 is 48.9 Å². The van der Waals surface area contributed by atoms with Crippen molar-refractivity contribution >= 4 is 17.7 Å². The maximum atomic E-state index is 11.9. The Bertz CT molecular complexity index is 756. The van der Waals surface area contributed by atoms with Gasteiger partial charge in [0.25, 0.3) is 0 Å². The topological polar surface area (TPSA) is 143 Å². The zero-order chi connectivity index (χ0) is 28.6. The maximum absolute atomic E-state index is 11.9. The van der Waals surface area contributed by atoms with E-state index in [9.17, 15) is 9.59 Å². The van der Waals surface area contributed by atoms with E-state index in [1.807, 2.05) is 20.8 Å². The van der Waals surface area contributed by atoms with Gasteiger partial charge in [-0.15, -0.1) is 0 Å². The molecule has 224 valence electrons. The third-order valence-electron chi connectivity index (χ3n) is 4.67. The van der Waals surface area contributed by atoms with Crippen LogP contribution in [0.3, 0.4) is 0 Å². The first-order valence-corrected chi connectivity index (χ1v) is 13.2. The number of nitrogens with one attached hydrogen (secondary N) is 2. The minimum Gasteiger partial charge on any atom is -0.444 e. The number of rotatable bonds is 23. The predicted molar refractivity (Wildman–Crippen MR) is 145 cm³/mol. The summed E-state index contributed by atoms with van der Waals surface area (Å²) in [5.74, 6) is -0.134. The molecule has 0 bridgehead atoms. The monoisotopic (exact) mass is 558 g/mol. The van der Waals surface area contributed by atoms with Gasteiger partial charge in [0.2, 0.25) is 5.91 Å². The van der Waals surface area contributed by atoms with Gasteiger partial charge in [-0.25, -0.2) is 4.79 Å². The van der Waals surface area contributed by atoms with Crippen molar-refractivity contribution in [3.05, 3.63) is 29.8 Å². The van der Waals surface area contributed by atoms with Gasteiger partial charge in [0.15, 0.2) is 0 Å². The highest BCUT2D eigenvalue weighted by molar-refractivity contribution is 5.90. The smallest absolute Gasteiger partial charge is 0.407 e. The summed E-state index contributed by atoms with van der Waals surface area (Å²) in [6.07, 6.45) is -0.209. The highest BCUT2D eigenvalue weighted by Gasteiger charge is 2.15. The number of aliphatic hydroxyl groups excluding tert-OH is 1. The lowest BCUT2D eigenvalue weighted by atomic mass is 10.2. The van der Waals surface area contributed by atoms with Gasteiger partial charge in [-0.05, 0) is 38.5 Å². The Balaban J connectivity index is 1.75. The molecule has 0 saturated carbocycles. The van der Waals surface area contributed by atoms with E-state index in [1.54, 1.807) is 24.3 Å². The van der Waals surface area contributed by atoms with Crippen LogP contribution >= 0.6 is 0 Å². The molecule has 2 amide bonds. The van der Waals surface area contributed by atoms with Gasteiger partial charge in [0.1, 0.15) is 5.60 Å². The number of hydrogen-bond donors (Lipinski definition) is 3. The van der Waals surface area contributed by atoms with Crippen LogP contribution in [0, 0.1) is 0 Å². The summed E-state index contributed by atoms with van der Waals surface area (Å²) in [4.78, 5) is 23.3. The summed E-state index contributed by atoms with van der Waals surface area (Å²) in [6.45, 7) is 10.9. The molecule has 0 aromatic heterocycles. The van der Waals surface area contributed by atoms with Crippen LogP contribution in [0.5, 0.6) is 0 Å². The average molecular weight is 559 g/mol. The van der Waals surface area contributed by atoms with Crippen molar-refractivity contribution in [2.24, 2.45) is 0 Å². The second kappa shape index (κ2) is 22.5. The van der Waals surface area contributed by atoms with Gasteiger partial charge in [0.05, 0.1) is 92.3 Å². The van der Waals surface area contributed by atoms with E-state index in [4.69, 9.17) is 38.3 Å². The van der Waals surface area contributed by atoms with Gasteiger partial charge in [-0.3, -0.25) is 4.79 Å². The molecule has 0 fully saturated rings. The SMILES string of the molecule is CC(C)(C)OC(=O)NCCOCCOCCOCCOCCOCCOCCC(=O)Nc1ccc(CO)cc1. The Morgan fingerprint density at radius 2 is 1.13 bits per heavy atom. The Morgan fingerprint density at radius 1 is 0.692 bits per heavy atom. The second-order valence-electron chi connectivity index (χ2n) is 9.26. The molecule has 0 saturated heterocycles. The molecule has 0 aliphatic heterocycles.